The molecule has 0 atom stereocenters. The number of nitrogens with one attached hydrogen (secondary N) is 1. The van der Waals surface area contributed by atoms with Gasteiger partial charge in [0.1, 0.15) is 4.90 Å². The lowest BCUT2D eigenvalue weighted by atomic mass is 10.3. The Balaban J connectivity index is 1.69. The van der Waals surface area contributed by atoms with E-state index in [-0.39, 0.29) is 26.1 Å². The molecule has 160 valence electrons. The third-order valence-electron chi connectivity index (χ3n) is 4.94. The van der Waals surface area contributed by atoms with E-state index in [4.69, 9.17) is 16.0 Å². The summed E-state index contributed by atoms with van der Waals surface area (Å²) < 4.78 is 61.3. The second-order valence-electron chi connectivity index (χ2n) is 6.92. The summed E-state index contributed by atoms with van der Waals surface area (Å²) in [6, 6.07) is 7.94. The Bertz CT molecular complexity index is 1400. The second kappa shape index (κ2) is 7.41. The van der Waals surface area contributed by atoms with E-state index in [9.17, 15) is 21.6 Å². The van der Waals surface area contributed by atoms with Crippen LogP contribution in [0, 0.1) is 0 Å². The molecule has 0 saturated carbocycles. The van der Waals surface area contributed by atoms with Crippen molar-refractivity contribution in [3.63, 3.8) is 0 Å². The first-order chi connectivity index (χ1) is 14.1. The number of fused-ring (bicyclic) bond motifs is 1. The van der Waals surface area contributed by atoms with E-state index >= 15 is 0 Å². The third-order valence-corrected chi connectivity index (χ3v) is 8.70. The van der Waals surface area contributed by atoms with Crippen molar-refractivity contribution < 1.29 is 21.3 Å². The fourth-order valence-electron chi connectivity index (χ4n) is 3.33. The van der Waals surface area contributed by atoms with Gasteiger partial charge in [-0.15, -0.1) is 0 Å². The molecule has 4 rings (SSSR count). The van der Waals surface area contributed by atoms with Crippen molar-refractivity contribution in [3.8, 4) is 0 Å². The summed E-state index contributed by atoms with van der Waals surface area (Å²) >= 11 is 6.10. The predicted molar refractivity (Wildman–Crippen MR) is 112 cm³/mol. The Hall–Kier alpha value is -2.34. The number of hydrogen-bond donors (Lipinski definition) is 1. The smallest absolute Gasteiger partial charge is 0.408 e. The molecule has 1 fully saturated rings. The molecule has 0 spiro atoms. The van der Waals surface area contributed by atoms with Crippen LogP contribution in [0.15, 0.2) is 55.4 Å². The average molecular weight is 472 g/mol. The van der Waals surface area contributed by atoms with Gasteiger partial charge >= 0.3 is 5.76 Å². The minimum absolute atomic E-state index is 0.0114. The number of hydrogen-bond acceptors (Lipinski definition) is 6. The minimum Gasteiger partial charge on any atom is -0.408 e. The Morgan fingerprint density at radius 3 is 2.43 bits per heavy atom. The fraction of sp³-hybridized carbons (Fsp3) is 0.278. The first kappa shape index (κ1) is 20.9. The molecule has 2 aromatic carbocycles. The molecule has 1 aromatic heterocycles. The van der Waals surface area contributed by atoms with Crippen LogP contribution < -0.4 is 10.5 Å². The molecule has 1 aliphatic rings. The largest absolute Gasteiger partial charge is 0.419 e. The monoisotopic (exact) mass is 471 g/mol. The topological polar surface area (TPSA) is 119 Å². The van der Waals surface area contributed by atoms with Crippen LogP contribution in [0.3, 0.4) is 0 Å². The van der Waals surface area contributed by atoms with E-state index in [0.29, 0.717) is 18.6 Å². The van der Waals surface area contributed by atoms with Gasteiger partial charge in [-0.25, -0.2) is 21.6 Å². The van der Waals surface area contributed by atoms with Gasteiger partial charge in [0.2, 0.25) is 10.0 Å². The van der Waals surface area contributed by atoms with Crippen LogP contribution in [0.2, 0.25) is 5.02 Å². The Morgan fingerprint density at radius 1 is 1.03 bits per heavy atom. The van der Waals surface area contributed by atoms with Gasteiger partial charge in [0, 0.05) is 26.2 Å². The van der Waals surface area contributed by atoms with Crippen LogP contribution in [0.1, 0.15) is 12.8 Å². The van der Waals surface area contributed by atoms with Crippen molar-refractivity contribution in [2.75, 3.05) is 17.8 Å². The second-order valence-corrected chi connectivity index (χ2v) is 10.9. The van der Waals surface area contributed by atoms with Crippen molar-refractivity contribution in [3.05, 3.63) is 52.0 Å². The van der Waals surface area contributed by atoms with Gasteiger partial charge in [0.25, 0.3) is 10.0 Å². The molecule has 3 aromatic rings. The summed E-state index contributed by atoms with van der Waals surface area (Å²) in [5.41, 5.74) is 0.620. The minimum atomic E-state index is -4.08. The molecule has 30 heavy (non-hydrogen) atoms. The van der Waals surface area contributed by atoms with Gasteiger partial charge in [-0.3, -0.25) is 9.29 Å². The van der Waals surface area contributed by atoms with E-state index in [1.807, 2.05) is 0 Å². The van der Waals surface area contributed by atoms with Crippen molar-refractivity contribution in [1.29, 1.82) is 0 Å². The van der Waals surface area contributed by atoms with Gasteiger partial charge in [-0.1, -0.05) is 11.6 Å². The van der Waals surface area contributed by atoms with Crippen LogP contribution in [0.4, 0.5) is 5.69 Å². The lowest BCUT2D eigenvalue weighted by molar-refractivity contribution is 0.477. The summed E-state index contributed by atoms with van der Waals surface area (Å²) in [6.07, 6.45) is 1.53. The van der Waals surface area contributed by atoms with Gasteiger partial charge in [-0.2, -0.15) is 4.31 Å². The van der Waals surface area contributed by atoms with E-state index in [2.05, 4.69) is 4.72 Å². The zero-order chi connectivity index (χ0) is 21.7. The third kappa shape index (κ3) is 3.62. The van der Waals surface area contributed by atoms with Crippen LogP contribution in [-0.4, -0.2) is 38.8 Å². The molecule has 0 aliphatic carbocycles. The zero-order valence-corrected chi connectivity index (χ0v) is 18.2. The zero-order valence-electron chi connectivity index (χ0n) is 15.8. The molecule has 0 radical (unpaired) electrons. The molecular formula is C18H18ClN3O6S2. The number of aromatic nitrogens is 1. The maximum Gasteiger partial charge on any atom is 0.419 e. The van der Waals surface area contributed by atoms with Crippen LogP contribution in [-0.2, 0) is 27.1 Å². The van der Waals surface area contributed by atoms with Crippen molar-refractivity contribution in [2.24, 2.45) is 7.05 Å². The molecule has 1 saturated heterocycles. The van der Waals surface area contributed by atoms with Gasteiger partial charge in [0.05, 0.1) is 21.1 Å². The summed E-state index contributed by atoms with van der Waals surface area (Å²) in [5, 5.41) is 0.0114. The highest BCUT2D eigenvalue weighted by Crippen LogP contribution is 2.30. The molecular weight excluding hydrogens is 454 g/mol. The standard InChI is InChI=1S/C18H18ClN3O6S2/c1-21-15-7-5-13(11-16(15)28-18(21)23)29(24,25)20-12-4-6-14(19)17(10-12)30(26,27)22-8-2-3-9-22/h4-7,10-11,20H,2-3,8-9H2,1H3. The van der Waals surface area contributed by atoms with Crippen molar-refractivity contribution in [1.82, 2.24) is 8.87 Å². The highest BCUT2D eigenvalue weighted by Gasteiger charge is 2.29. The maximum absolute atomic E-state index is 12.8. The van der Waals surface area contributed by atoms with Crippen molar-refractivity contribution in [2.45, 2.75) is 22.6 Å². The predicted octanol–water partition coefficient (Wildman–Crippen LogP) is 2.37. The Morgan fingerprint density at radius 2 is 1.73 bits per heavy atom. The van der Waals surface area contributed by atoms with Gasteiger partial charge < -0.3 is 4.42 Å². The van der Waals surface area contributed by atoms with Crippen LogP contribution in [0.25, 0.3) is 11.1 Å². The molecule has 0 amide bonds. The van der Waals surface area contributed by atoms with Crippen LogP contribution >= 0.6 is 11.6 Å². The van der Waals surface area contributed by atoms with Crippen LogP contribution in [0.5, 0.6) is 0 Å². The van der Waals surface area contributed by atoms with Crippen molar-refractivity contribution >= 4 is 48.4 Å². The summed E-state index contributed by atoms with van der Waals surface area (Å²) in [6.45, 7) is 0.799. The van der Waals surface area contributed by atoms with E-state index in [1.54, 1.807) is 0 Å². The normalized spacial score (nSPS) is 15.7. The lowest BCUT2D eigenvalue weighted by Crippen LogP contribution is -2.28. The molecule has 1 N–H and O–H groups in total. The number of rotatable bonds is 5. The van der Waals surface area contributed by atoms with Gasteiger partial charge in [0.15, 0.2) is 5.58 Å². The summed E-state index contributed by atoms with van der Waals surface area (Å²) in [7, 11) is -6.39. The number of nitrogens with zero attached hydrogens (tertiary/aromatic N) is 2. The van der Waals surface area contributed by atoms with E-state index in [0.717, 1.165) is 12.8 Å². The molecule has 0 unspecified atom stereocenters. The number of anilines is 1. The number of aryl methyl sites for hydroxylation is 1. The molecule has 9 nitrogen and oxygen atoms in total. The number of oxazole rings is 1. The Kier molecular flexibility index (Phi) is 5.17. The first-order valence-electron chi connectivity index (χ1n) is 9.02. The SMILES string of the molecule is Cn1c(=O)oc2cc(S(=O)(=O)Nc3ccc(Cl)c(S(=O)(=O)N4CCCC4)c3)ccc21. The highest BCUT2D eigenvalue weighted by atomic mass is 35.5. The highest BCUT2D eigenvalue weighted by molar-refractivity contribution is 7.92. The fourth-order valence-corrected chi connectivity index (χ4v) is 6.41. The molecule has 2 heterocycles. The maximum atomic E-state index is 12.8. The quantitative estimate of drug-likeness (QED) is 0.610. The van der Waals surface area contributed by atoms with E-state index in [1.165, 1.54) is 52.3 Å². The molecule has 0 bridgehead atoms. The summed E-state index contributed by atoms with van der Waals surface area (Å²) in [5.74, 6) is -0.609. The summed E-state index contributed by atoms with van der Waals surface area (Å²) in [4.78, 5) is 11.3. The average Bonchev–Trinajstić information content (AvgIpc) is 3.32. The first-order valence-corrected chi connectivity index (χ1v) is 12.3. The lowest BCUT2D eigenvalue weighted by Gasteiger charge is -2.17. The Labute approximate surface area is 178 Å². The van der Waals surface area contributed by atoms with Gasteiger partial charge in [-0.05, 0) is 43.2 Å². The molecule has 1 aliphatic heterocycles. The molecule has 12 heteroatoms. The van der Waals surface area contributed by atoms with E-state index < -0.39 is 25.8 Å². The number of halogens is 1. The number of benzene rings is 2. The number of sulfonamides is 2.